The summed E-state index contributed by atoms with van der Waals surface area (Å²) in [6, 6.07) is 0. The molecule has 1 heterocycles. The van der Waals surface area contributed by atoms with E-state index < -0.39 is 30.6 Å². The van der Waals surface area contributed by atoms with Crippen LogP contribution in [-0.2, 0) is 14.3 Å². The second kappa shape index (κ2) is 4.11. The molecule has 2 aliphatic rings. The number of cyclic esters (lactones) is 1. The van der Waals surface area contributed by atoms with Crippen LogP contribution in [0.4, 0.5) is 4.79 Å². The zero-order chi connectivity index (χ0) is 11.7. The van der Waals surface area contributed by atoms with Crippen LogP contribution in [-0.4, -0.2) is 40.6 Å². The Kier molecular flexibility index (Phi) is 2.80. The number of hydrogen-bond acceptors (Lipinski definition) is 4. The van der Waals surface area contributed by atoms with Crippen molar-refractivity contribution in [1.29, 1.82) is 0 Å². The molecule has 88 valence electrons. The maximum atomic E-state index is 11.8. The highest BCUT2D eigenvalue weighted by atomic mass is 16.6. The summed E-state index contributed by atoms with van der Waals surface area (Å²) in [6.45, 7) is -0.610. The van der Waals surface area contributed by atoms with E-state index in [-0.39, 0.29) is 5.92 Å². The number of amides is 2. The topological polar surface area (TPSA) is 83.9 Å². The Morgan fingerprint density at radius 3 is 2.56 bits per heavy atom. The Hall–Kier alpha value is -1.59. The van der Waals surface area contributed by atoms with Gasteiger partial charge in [0.25, 0.3) is 5.91 Å². The predicted octanol–water partition coefficient (Wildman–Crippen LogP) is 0.609. The molecule has 0 aromatic heterocycles. The quantitative estimate of drug-likeness (QED) is 0.763. The summed E-state index contributed by atoms with van der Waals surface area (Å²) >= 11 is 0. The number of ether oxygens (including phenoxy) is 1. The Morgan fingerprint density at radius 1 is 1.38 bits per heavy atom. The Balaban J connectivity index is 2.06. The highest BCUT2D eigenvalue weighted by Crippen LogP contribution is 2.32. The summed E-state index contributed by atoms with van der Waals surface area (Å²) in [5, 5.41) is 8.56. The number of imide groups is 1. The zero-order valence-electron chi connectivity index (χ0n) is 8.72. The standard InChI is InChI=1S/C10H13NO5/c12-7(13)5-11-9(14)8(16-10(11)15)6-3-1-2-4-6/h6,8H,1-5H2,(H,12,13)/t8-/m1/s1. The van der Waals surface area contributed by atoms with E-state index in [0.29, 0.717) is 4.90 Å². The summed E-state index contributed by atoms with van der Waals surface area (Å²) in [5.74, 6) is -1.65. The highest BCUT2D eigenvalue weighted by Gasteiger charge is 2.46. The van der Waals surface area contributed by atoms with Crippen LogP contribution >= 0.6 is 0 Å². The SMILES string of the molecule is O=C(O)CN1C(=O)O[C@H](C2CCCC2)C1=O. The molecule has 0 bridgehead atoms. The summed E-state index contributed by atoms with van der Waals surface area (Å²) in [7, 11) is 0. The minimum Gasteiger partial charge on any atom is -0.480 e. The molecule has 1 aliphatic carbocycles. The summed E-state index contributed by atoms with van der Waals surface area (Å²) < 4.78 is 4.95. The predicted molar refractivity (Wildman–Crippen MR) is 51.6 cm³/mol. The number of rotatable bonds is 3. The Labute approximate surface area is 92.2 Å². The molecule has 0 unspecified atom stereocenters. The first-order valence-electron chi connectivity index (χ1n) is 5.33. The van der Waals surface area contributed by atoms with Crippen LogP contribution < -0.4 is 0 Å². The fourth-order valence-corrected chi connectivity index (χ4v) is 2.30. The van der Waals surface area contributed by atoms with Crippen molar-refractivity contribution in [2.75, 3.05) is 6.54 Å². The molecule has 16 heavy (non-hydrogen) atoms. The van der Waals surface area contributed by atoms with Crippen LogP contribution in [0, 0.1) is 5.92 Å². The fourth-order valence-electron chi connectivity index (χ4n) is 2.30. The van der Waals surface area contributed by atoms with E-state index in [1.54, 1.807) is 0 Å². The fraction of sp³-hybridized carbons (Fsp3) is 0.700. The van der Waals surface area contributed by atoms with Crippen LogP contribution in [0.25, 0.3) is 0 Å². The van der Waals surface area contributed by atoms with Gasteiger partial charge in [-0.2, -0.15) is 0 Å². The molecule has 2 amide bonds. The molecule has 1 saturated carbocycles. The normalized spacial score (nSPS) is 26.2. The molecule has 1 atom stereocenters. The molecule has 0 spiro atoms. The van der Waals surface area contributed by atoms with Crippen molar-refractivity contribution in [2.24, 2.45) is 5.92 Å². The number of carboxylic acids is 1. The minimum absolute atomic E-state index is 0.0650. The number of hydrogen-bond donors (Lipinski definition) is 1. The van der Waals surface area contributed by atoms with Gasteiger partial charge in [-0.1, -0.05) is 12.8 Å². The van der Waals surface area contributed by atoms with E-state index in [9.17, 15) is 14.4 Å². The first-order chi connectivity index (χ1) is 7.59. The molecule has 0 aromatic rings. The van der Waals surface area contributed by atoms with Crippen LogP contribution in [0.15, 0.2) is 0 Å². The molecule has 1 aliphatic heterocycles. The van der Waals surface area contributed by atoms with Gasteiger partial charge in [0.05, 0.1) is 0 Å². The lowest BCUT2D eigenvalue weighted by Crippen LogP contribution is -2.37. The number of carbonyl (C=O) groups excluding carboxylic acids is 2. The van der Waals surface area contributed by atoms with Crippen molar-refractivity contribution in [1.82, 2.24) is 4.90 Å². The molecule has 0 aromatic carbocycles. The van der Waals surface area contributed by atoms with Gasteiger partial charge in [-0.05, 0) is 12.8 Å². The lowest BCUT2D eigenvalue weighted by atomic mass is 10.0. The van der Waals surface area contributed by atoms with E-state index in [1.165, 1.54) is 0 Å². The van der Waals surface area contributed by atoms with Gasteiger partial charge >= 0.3 is 12.1 Å². The number of carbonyl (C=O) groups is 3. The monoisotopic (exact) mass is 227 g/mol. The van der Waals surface area contributed by atoms with Gasteiger partial charge in [-0.25, -0.2) is 9.69 Å². The van der Waals surface area contributed by atoms with Crippen molar-refractivity contribution in [3.8, 4) is 0 Å². The second-order valence-electron chi connectivity index (χ2n) is 4.17. The molecule has 1 N–H and O–H groups in total. The third kappa shape index (κ3) is 1.87. The van der Waals surface area contributed by atoms with Crippen molar-refractivity contribution >= 4 is 18.0 Å². The summed E-state index contributed by atoms with van der Waals surface area (Å²) in [5.41, 5.74) is 0. The van der Waals surface area contributed by atoms with E-state index >= 15 is 0 Å². The van der Waals surface area contributed by atoms with Gasteiger partial charge in [0.2, 0.25) is 0 Å². The smallest absolute Gasteiger partial charge is 0.417 e. The van der Waals surface area contributed by atoms with E-state index in [0.717, 1.165) is 25.7 Å². The minimum atomic E-state index is -1.21. The first kappa shape index (κ1) is 10.9. The van der Waals surface area contributed by atoms with Crippen molar-refractivity contribution in [3.05, 3.63) is 0 Å². The van der Waals surface area contributed by atoms with Gasteiger partial charge in [-0.15, -0.1) is 0 Å². The number of carboxylic acid groups (broad SMARTS) is 1. The van der Waals surface area contributed by atoms with Crippen LogP contribution in [0.1, 0.15) is 25.7 Å². The molecular weight excluding hydrogens is 214 g/mol. The molecular formula is C10H13NO5. The summed E-state index contributed by atoms with van der Waals surface area (Å²) in [6.07, 6.45) is 2.21. The lowest BCUT2D eigenvalue weighted by Gasteiger charge is -2.13. The molecule has 6 heteroatoms. The van der Waals surface area contributed by atoms with Crippen molar-refractivity contribution in [2.45, 2.75) is 31.8 Å². The molecule has 6 nitrogen and oxygen atoms in total. The number of aliphatic carboxylic acids is 1. The zero-order valence-corrected chi connectivity index (χ0v) is 8.72. The van der Waals surface area contributed by atoms with Gasteiger partial charge in [0, 0.05) is 5.92 Å². The lowest BCUT2D eigenvalue weighted by molar-refractivity contribution is -0.142. The van der Waals surface area contributed by atoms with Gasteiger partial charge in [-0.3, -0.25) is 9.59 Å². The second-order valence-corrected chi connectivity index (χ2v) is 4.17. The molecule has 0 radical (unpaired) electrons. The maximum Gasteiger partial charge on any atom is 0.417 e. The van der Waals surface area contributed by atoms with Crippen LogP contribution in [0.2, 0.25) is 0 Å². The maximum absolute atomic E-state index is 11.8. The van der Waals surface area contributed by atoms with Crippen LogP contribution in [0.5, 0.6) is 0 Å². The van der Waals surface area contributed by atoms with Crippen LogP contribution in [0.3, 0.4) is 0 Å². The van der Waals surface area contributed by atoms with E-state index in [4.69, 9.17) is 9.84 Å². The van der Waals surface area contributed by atoms with Crippen molar-refractivity contribution in [3.63, 3.8) is 0 Å². The average Bonchev–Trinajstić information content (AvgIpc) is 2.80. The largest absolute Gasteiger partial charge is 0.480 e. The average molecular weight is 227 g/mol. The van der Waals surface area contributed by atoms with Gasteiger partial charge in [0.1, 0.15) is 6.54 Å². The Bertz CT molecular complexity index is 334. The molecule has 2 fully saturated rings. The van der Waals surface area contributed by atoms with Crippen molar-refractivity contribution < 1.29 is 24.2 Å². The molecule has 1 saturated heterocycles. The van der Waals surface area contributed by atoms with E-state index in [2.05, 4.69) is 0 Å². The van der Waals surface area contributed by atoms with Gasteiger partial charge < -0.3 is 9.84 Å². The highest BCUT2D eigenvalue weighted by molar-refractivity contribution is 6.02. The number of nitrogens with zero attached hydrogens (tertiary/aromatic N) is 1. The third-order valence-corrected chi connectivity index (χ3v) is 3.08. The Morgan fingerprint density at radius 2 is 2.00 bits per heavy atom. The first-order valence-corrected chi connectivity index (χ1v) is 5.33. The summed E-state index contributed by atoms with van der Waals surface area (Å²) in [4.78, 5) is 34.2. The van der Waals surface area contributed by atoms with E-state index in [1.807, 2.05) is 0 Å². The third-order valence-electron chi connectivity index (χ3n) is 3.08. The molecule has 2 rings (SSSR count). The van der Waals surface area contributed by atoms with Gasteiger partial charge in [0.15, 0.2) is 6.10 Å².